The maximum Gasteiger partial charge on any atom is 0.314 e. The van der Waals surface area contributed by atoms with Crippen LogP contribution >= 0.6 is 27.5 Å². The molecule has 0 fully saturated rings. The van der Waals surface area contributed by atoms with Gasteiger partial charge in [0, 0.05) is 5.02 Å². The second kappa shape index (κ2) is 6.77. The summed E-state index contributed by atoms with van der Waals surface area (Å²) >= 11 is 9.18. The first kappa shape index (κ1) is 14.9. The Hall–Kier alpha value is -1.52. The first-order valence-electron chi connectivity index (χ1n) is 5.93. The number of ether oxygens (including phenoxy) is 1. The van der Waals surface area contributed by atoms with Gasteiger partial charge in [0.2, 0.25) is 0 Å². The van der Waals surface area contributed by atoms with E-state index in [1.165, 1.54) is 0 Å². The minimum atomic E-state index is -0.915. The fourth-order valence-corrected chi connectivity index (χ4v) is 2.56. The molecule has 0 saturated carbocycles. The molecule has 2 aromatic rings. The number of aliphatic carboxylic acids is 1. The molecule has 1 atom stereocenters. The smallest absolute Gasteiger partial charge is 0.314 e. The Balaban J connectivity index is 2.12. The fourth-order valence-electron chi connectivity index (χ4n) is 1.76. The number of benzene rings is 2. The lowest BCUT2D eigenvalue weighted by Gasteiger charge is -2.15. The zero-order valence-corrected chi connectivity index (χ0v) is 12.8. The van der Waals surface area contributed by atoms with Gasteiger partial charge in [0.25, 0.3) is 0 Å². The van der Waals surface area contributed by atoms with Gasteiger partial charge in [-0.25, -0.2) is 0 Å². The van der Waals surface area contributed by atoms with Crippen LogP contribution in [-0.2, 0) is 4.79 Å². The average Bonchev–Trinajstić information content (AvgIpc) is 2.42. The first-order valence-corrected chi connectivity index (χ1v) is 7.10. The van der Waals surface area contributed by atoms with Crippen LogP contribution < -0.4 is 4.74 Å². The Morgan fingerprint density at radius 1 is 1.25 bits per heavy atom. The third-order valence-electron chi connectivity index (χ3n) is 2.80. The quantitative estimate of drug-likeness (QED) is 0.867. The molecule has 0 aromatic heterocycles. The van der Waals surface area contributed by atoms with E-state index in [1.807, 2.05) is 18.2 Å². The molecule has 2 rings (SSSR count). The van der Waals surface area contributed by atoms with Gasteiger partial charge in [0.05, 0.1) is 4.47 Å². The second-order valence-corrected chi connectivity index (χ2v) is 5.48. The lowest BCUT2D eigenvalue weighted by molar-refractivity contribution is -0.139. The number of rotatable bonds is 5. The fraction of sp³-hybridized carbons (Fsp3) is 0.133. The monoisotopic (exact) mass is 354 g/mol. The molecule has 2 aromatic carbocycles. The molecule has 0 aliphatic rings. The molecule has 1 N–H and O–H groups in total. The maximum atomic E-state index is 11.3. The van der Waals surface area contributed by atoms with Crippen molar-refractivity contribution in [1.29, 1.82) is 0 Å². The summed E-state index contributed by atoms with van der Waals surface area (Å²) in [7, 11) is 0. The summed E-state index contributed by atoms with van der Waals surface area (Å²) in [5, 5.41) is 9.89. The molecular weight excluding hydrogens is 344 g/mol. The highest BCUT2D eigenvalue weighted by molar-refractivity contribution is 9.10. The molecule has 1 unspecified atom stereocenters. The van der Waals surface area contributed by atoms with Gasteiger partial charge in [0.1, 0.15) is 18.3 Å². The van der Waals surface area contributed by atoms with Crippen LogP contribution in [0.3, 0.4) is 0 Å². The van der Waals surface area contributed by atoms with Crippen molar-refractivity contribution in [3.05, 3.63) is 63.6 Å². The van der Waals surface area contributed by atoms with Crippen LogP contribution in [0.25, 0.3) is 0 Å². The van der Waals surface area contributed by atoms with E-state index >= 15 is 0 Å². The molecule has 0 heterocycles. The topological polar surface area (TPSA) is 46.5 Å². The summed E-state index contributed by atoms with van der Waals surface area (Å²) in [6.45, 7) is 0.0551. The summed E-state index contributed by atoms with van der Waals surface area (Å²) in [4.78, 5) is 11.3. The molecule has 0 aliphatic carbocycles. The maximum absolute atomic E-state index is 11.3. The van der Waals surface area contributed by atoms with Gasteiger partial charge in [-0.15, -0.1) is 0 Å². The second-order valence-electron chi connectivity index (χ2n) is 4.19. The van der Waals surface area contributed by atoms with E-state index in [0.29, 0.717) is 20.8 Å². The van der Waals surface area contributed by atoms with Gasteiger partial charge in [0.15, 0.2) is 0 Å². The van der Waals surface area contributed by atoms with Crippen molar-refractivity contribution in [2.75, 3.05) is 6.61 Å². The number of hydrogen-bond donors (Lipinski definition) is 1. The van der Waals surface area contributed by atoms with Crippen molar-refractivity contribution >= 4 is 33.5 Å². The van der Waals surface area contributed by atoms with Gasteiger partial charge < -0.3 is 9.84 Å². The van der Waals surface area contributed by atoms with Crippen LogP contribution in [0.15, 0.2) is 53.0 Å². The predicted molar refractivity (Wildman–Crippen MR) is 81.5 cm³/mol. The van der Waals surface area contributed by atoms with Crippen molar-refractivity contribution < 1.29 is 14.6 Å². The van der Waals surface area contributed by atoms with Crippen molar-refractivity contribution in [3.8, 4) is 5.75 Å². The summed E-state index contributed by atoms with van der Waals surface area (Å²) in [6.07, 6.45) is 0. The molecule has 20 heavy (non-hydrogen) atoms. The van der Waals surface area contributed by atoms with Gasteiger partial charge >= 0.3 is 5.97 Å². The molecular formula is C15H12BrClO3. The largest absolute Gasteiger partial charge is 0.491 e. The van der Waals surface area contributed by atoms with Crippen molar-refractivity contribution in [1.82, 2.24) is 0 Å². The summed E-state index contributed by atoms with van der Waals surface area (Å²) < 4.78 is 6.28. The van der Waals surface area contributed by atoms with Crippen molar-refractivity contribution in [3.63, 3.8) is 0 Å². The van der Waals surface area contributed by atoms with Gasteiger partial charge in [-0.3, -0.25) is 4.79 Å². The van der Waals surface area contributed by atoms with E-state index in [4.69, 9.17) is 16.3 Å². The molecule has 0 saturated heterocycles. The number of carboxylic acids is 1. The minimum absolute atomic E-state index is 0.0551. The summed E-state index contributed by atoms with van der Waals surface area (Å²) in [5.41, 5.74) is 0.713. The van der Waals surface area contributed by atoms with Crippen LogP contribution in [0.2, 0.25) is 5.02 Å². The molecule has 5 heteroatoms. The highest BCUT2D eigenvalue weighted by atomic mass is 79.9. The first-order chi connectivity index (χ1) is 9.58. The molecule has 104 valence electrons. The van der Waals surface area contributed by atoms with Crippen LogP contribution in [0.4, 0.5) is 0 Å². The lowest BCUT2D eigenvalue weighted by atomic mass is 10.0. The third-order valence-corrected chi connectivity index (χ3v) is 3.65. The van der Waals surface area contributed by atoms with Gasteiger partial charge in [-0.05, 0) is 39.7 Å². The number of hydrogen-bond acceptors (Lipinski definition) is 2. The van der Waals surface area contributed by atoms with E-state index in [-0.39, 0.29) is 6.61 Å². The Morgan fingerprint density at radius 3 is 2.55 bits per heavy atom. The normalized spacial score (nSPS) is 11.9. The predicted octanol–water partition coefficient (Wildman–Crippen LogP) is 4.35. The molecule has 0 radical (unpaired) electrons. The Kier molecular flexibility index (Phi) is 5.04. The molecule has 0 spiro atoms. The highest BCUT2D eigenvalue weighted by Gasteiger charge is 2.20. The van der Waals surface area contributed by atoms with E-state index in [1.54, 1.807) is 30.3 Å². The van der Waals surface area contributed by atoms with Crippen molar-refractivity contribution in [2.45, 2.75) is 5.92 Å². The molecule has 0 amide bonds. The van der Waals surface area contributed by atoms with Gasteiger partial charge in [-0.1, -0.05) is 41.9 Å². The van der Waals surface area contributed by atoms with E-state index in [2.05, 4.69) is 15.9 Å². The number of carbonyl (C=O) groups is 1. The number of carboxylic acid groups (broad SMARTS) is 1. The van der Waals surface area contributed by atoms with Crippen molar-refractivity contribution in [2.24, 2.45) is 0 Å². The average molecular weight is 356 g/mol. The zero-order valence-electron chi connectivity index (χ0n) is 10.4. The lowest BCUT2D eigenvalue weighted by Crippen LogP contribution is -2.19. The standard InChI is InChI=1S/C15H12BrClO3/c16-13-8-11(17)6-7-14(13)20-9-12(15(18)19)10-4-2-1-3-5-10/h1-8,12H,9H2,(H,18,19). The molecule has 0 aliphatic heterocycles. The van der Waals surface area contributed by atoms with E-state index in [0.717, 1.165) is 0 Å². The SMILES string of the molecule is O=C(O)C(COc1ccc(Cl)cc1Br)c1ccccc1. The van der Waals surface area contributed by atoms with E-state index in [9.17, 15) is 9.90 Å². The molecule has 0 bridgehead atoms. The Bertz CT molecular complexity index is 601. The van der Waals surface area contributed by atoms with Crippen LogP contribution in [-0.4, -0.2) is 17.7 Å². The van der Waals surface area contributed by atoms with Crippen LogP contribution in [0.1, 0.15) is 11.5 Å². The third kappa shape index (κ3) is 3.74. The highest BCUT2D eigenvalue weighted by Crippen LogP contribution is 2.29. The van der Waals surface area contributed by atoms with Gasteiger partial charge in [-0.2, -0.15) is 0 Å². The van der Waals surface area contributed by atoms with Crippen LogP contribution in [0, 0.1) is 0 Å². The zero-order chi connectivity index (χ0) is 14.5. The minimum Gasteiger partial charge on any atom is -0.491 e. The van der Waals surface area contributed by atoms with Crippen LogP contribution in [0.5, 0.6) is 5.75 Å². The summed E-state index contributed by atoms with van der Waals surface area (Å²) in [5.74, 6) is -1.06. The van der Waals surface area contributed by atoms with E-state index < -0.39 is 11.9 Å². The molecule has 3 nitrogen and oxygen atoms in total. The Labute approximate surface area is 130 Å². The summed E-state index contributed by atoms with van der Waals surface area (Å²) in [6, 6.07) is 14.1. The number of halogens is 2. The Morgan fingerprint density at radius 2 is 1.95 bits per heavy atom.